The summed E-state index contributed by atoms with van der Waals surface area (Å²) in [5.74, 6) is 0.483. The van der Waals surface area contributed by atoms with E-state index in [0.717, 1.165) is 22.4 Å². The van der Waals surface area contributed by atoms with Crippen LogP contribution in [0.2, 0.25) is 0 Å². The lowest BCUT2D eigenvalue weighted by Crippen LogP contribution is -2.22. The lowest BCUT2D eigenvalue weighted by Gasteiger charge is -2.08. The molecule has 0 N–H and O–H groups in total. The molecule has 5 rings (SSSR count). The highest BCUT2D eigenvalue weighted by Gasteiger charge is 2.14. The van der Waals surface area contributed by atoms with Crippen LogP contribution in [0.4, 0.5) is 4.39 Å². The highest BCUT2D eigenvalue weighted by Crippen LogP contribution is 2.24. The second-order valence-corrected chi connectivity index (χ2v) is 7.15. The second kappa shape index (κ2) is 7.64. The first-order chi connectivity index (χ1) is 15.1. The molecule has 0 saturated carbocycles. The zero-order valence-corrected chi connectivity index (χ0v) is 16.7. The Bertz CT molecular complexity index is 1440. The first-order valence-corrected chi connectivity index (χ1v) is 9.76. The van der Waals surface area contributed by atoms with E-state index in [4.69, 9.17) is 4.74 Å². The zero-order chi connectivity index (χ0) is 21.4. The molecule has 0 atom stereocenters. The first kappa shape index (κ1) is 18.9. The molecular formula is C23H18FN5O2. The zero-order valence-electron chi connectivity index (χ0n) is 16.7. The monoisotopic (exact) mass is 415 g/mol. The van der Waals surface area contributed by atoms with Crippen LogP contribution in [0.1, 0.15) is 5.56 Å². The molecule has 154 valence electrons. The molecule has 0 aliphatic heterocycles. The van der Waals surface area contributed by atoms with Gasteiger partial charge in [0.2, 0.25) is 0 Å². The topological polar surface area (TPSA) is 74.3 Å². The van der Waals surface area contributed by atoms with E-state index in [2.05, 4.69) is 15.3 Å². The average molecular weight is 415 g/mol. The highest BCUT2D eigenvalue weighted by atomic mass is 19.1. The van der Waals surface area contributed by atoms with E-state index in [0.29, 0.717) is 24.1 Å². The minimum Gasteiger partial charge on any atom is -0.497 e. The third-order valence-electron chi connectivity index (χ3n) is 5.29. The van der Waals surface area contributed by atoms with Crippen molar-refractivity contribution in [2.24, 2.45) is 0 Å². The molecule has 2 aromatic carbocycles. The van der Waals surface area contributed by atoms with Gasteiger partial charge in [-0.3, -0.25) is 4.79 Å². The Balaban J connectivity index is 1.49. The Morgan fingerprint density at radius 3 is 2.52 bits per heavy atom. The van der Waals surface area contributed by atoms with E-state index < -0.39 is 0 Å². The largest absolute Gasteiger partial charge is 0.497 e. The molecule has 3 heterocycles. The Morgan fingerprint density at radius 1 is 1.00 bits per heavy atom. The fraction of sp³-hybridized carbons (Fsp3) is 0.130. The number of ether oxygens (including phenoxy) is 1. The number of aryl methyl sites for hydroxylation is 2. The Labute approximate surface area is 176 Å². The molecular weight excluding hydrogens is 397 g/mol. The van der Waals surface area contributed by atoms with E-state index >= 15 is 0 Å². The van der Waals surface area contributed by atoms with Crippen molar-refractivity contribution in [2.45, 2.75) is 13.0 Å². The maximum atomic E-state index is 13.2. The van der Waals surface area contributed by atoms with Crippen molar-refractivity contribution < 1.29 is 9.13 Å². The molecule has 0 spiro atoms. The number of halogens is 1. The lowest BCUT2D eigenvalue weighted by atomic mass is 10.1. The molecule has 0 aliphatic carbocycles. The third-order valence-corrected chi connectivity index (χ3v) is 5.29. The Morgan fingerprint density at radius 2 is 1.77 bits per heavy atom. The fourth-order valence-corrected chi connectivity index (χ4v) is 3.58. The number of pyridine rings is 1. The molecule has 5 aromatic rings. The van der Waals surface area contributed by atoms with E-state index in [1.165, 1.54) is 12.1 Å². The van der Waals surface area contributed by atoms with Crippen LogP contribution < -0.4 is 10.3 Å². The van der Waals surface area contributed by atoms with Crippen LogP contribution >= 0.6 is 0 Å². The maximum Gasteiger partial charge on any atom is 0.280 e. The van der Waals surface area contributed by atoms with Gasteiger partial charge in [-0.2, -0.15) is 5.10 Å². The quantitative estimate of drug-likeness (QED) is 0.439. The number of hydrogen-bond acceptors (Lipinski definition) is 5. The molecule has 7 nitrogen and oxygen atoms in total. The summed E-state index contributed by atoms with van der Waals surface area (Å²) in [5.41, 5.74) is 3.71. The van der Waals surface area contributed by atoms with E-state index in [-0.39, 0.29) is 16.9 Å². The summed E-state index contributed by atoms with van der Waals surface area (Å²) < 4.78 is 21.6. The number of hydrogen-bond donors (Lipinski definition) is 0. The number of nitrogens with zero attached hydrogens (tertiary/aromatic N) is 5. The number of methoxy groups -OCH3 is 1. The Hall–Kier alpha value is -4.07. The van der Waals surface area contributed by atoms with Gasteiger partial charge >= 0.3 is 0 Å². The molecule has 0 amide bonds. The van der Waals surface area contributed by atoms with E-state index in [1.54, 1.807) is 40.7 Å². The third kappa shape index (κ3) is 3.42. The van der Waals surface area contributed by atoms with Gasteiger partial charge in [0.25, 0.3) is 5.56 Å². The summed E-state index contributed by atoms with van der Waals surface area (Å²) in [6, 6.07) is 15.7. The van der Waals surface area contributed by atoms with Crippen molar-refractivity contribution in [3.63, 3.8) is 0 Å². The first-order valence-electron chi connectivity index (χ1n) is 9.76. The molecule has 0 radical (unpaired) electrons. The number of fused-ring (bicyclic) bond motifs is 3. The van der Waals surface area contributed by atoms with Gasteiger partial charge in [-0.15, -0.1) is 10.2 Å². The average Bonchev–Trinajstić information content (AvgIpc) is 3.24. The van der Waals surface area contributed by atoms with Gasteiger partial charge in [0, 0.05) is 18.3 Å². The SMILES string of the molecule is COc1ccc(CCn2ccc3c(nnc4c(-c5ccc(F)cc5)cnn43)c2=O)cc1. The van der Waals surface area contributed by atoms with Crippen molar-refractivity contribution in [3.8, 4) is 16.9 Å². The van der Waals surface area contributed by atoms with Gasteiger partial charge in [-0.25, -0.2) is 8.91 Å². The number of aromatic nitrogens is 5. The standard InChI is InChI=1S/C23H18FN5O2/c1-31-18-8-2-15(3-9-18)10-12-28-13-11-20-21(23(28)30)26-27-22-19(14-25-29(20)22)16-4-6-17(24)7-5-16/h2-9,11,13-14H,10,12H2,1H3. The maximum absolute atomic E-state index is 13.2. The summed E-state index contributed by atoms with van der Waals surface area (Å²) >= 11 is 0. The summed E-state index contributed by atoms with van der Waals surface area (Å²) in [7, 11) is 1.63. The lowest BCUT2D eigenvalue weighted by molar-refractivity contribution is 0.414. The highest BCUT2D eigenvalue weighted by molar-refractivity contribution is 5.82. The fourth-order valence-electron chi connectivity index (χ4n) is 3.58. The van der Waals surface area contributed by atoms with Crippen molar-refractivity contribution in [1.82, 2.24) is 24.4 Å². The molecule has 0 fully saturated rings. The van der Waals surface area contributed by atoms with Crippen LogP contribution in [0.15, 0.2) is 71.8 Å². The van der Waals surface area contributed by atoms with Gasteiger partial charge in [0.05, 0.1) is 13.3 Å². The molecule has 8 heteroatoms. The van der Waals surface area contributed by atoms with Gasteiger partial charge in [-0.1, -0.05) is 24.3 Å². The van der Waals surface area contributed by atoms with Gasteiger partial charge in [-0.05, 0) is 47.9 Å². The molecule has 0 saturated heterocycles. The van der Waals surface area contributed by atoms with Crippen molar-refractivity contribution >= 4 is 16.7 Å². The van der Waals surface area contributed by atoms with Crippen molar-refractivity contribution in [3.05, 3.63) is 88.7 Å². The van der Waals surface area contributed by atoms with Crippen molar-refractivity contribution in [2.75, 3.05) is 7.11 Å². The van der Waals surface area contributed by atoms with Gasteiger partial charge in [0.1, 0.15) is 17.1 Å². The van der Waals surface area contributed by atoms with E-state index in [9.17, 15) is 9.18 Å². The van der Waals surface area contributed by atoms with Crippen LogP contribution in [-0.2, 0) is 13.0 Å². The number of benzene rings is 2. The molecule has 31 heavy (non-hydrogen) atoms. The van der Waals surface area contributed by atoms with Crippen LogP contribution in [0.3, 0.4) is 0 Å². The predicted molar refractivity (Wildman–Crippen MR) is 115 cm³/mol. The van der Waals surface area contributed by atoms with Crippen LogP contribution in [0.25, 0.3) is 27.8 Å². The molecule has 0 aliphatic rings. The molecule has 0 unspecified atom stereocenters. The van der Waals surface area contributed by atoms with Gasteiger partial charge < -0.3 is 9.30 Å². The van der Waals surface area contributed by atoms with Gasteiger partial charge in [0.15, 0.2) is 11.2 Å². The van der Waals surface area contributed by atoms with Crippen LogP contribution in [0, 0.1) is 5.82 Å². The summed E-state index contributed by atoms with van der Waals surface area (Å²) in [6.07, 6.45) is 4.09. The molecule has 3 aromatic heterocycles. The van der Waals surface area contributed by atoms with Crippen LogP contribution in [0.5, 0.6) is 5.75 Å². The van der Waals surface area contributed by atoms with Crippen LogP contribution in [-0.4, -0.2) is 31.5 Å². The summed E-state index contributed by atoms with van der Waals surface area (Å²) in [6.45, 7) is 0.515. The predicted octanol–water partition coefficient (Wildman–Crippen LogP) is 3.50. The summed E-state index contributed by atoms with van der Waals surface area (Å²) in [5, 5.41) is 12.8. The second-order valence-electron chi connectivity index (χ2n) is 7.15. The number of rotatable bonds is 5. The minimum absolute atomic E-state index is 0.223. The van der Waals surface area contributed by atoms with E-state index in [1.807, 2.05) is 30.3 Å². The smallest absolute Gasteiger partial charge is 0.280 e. The minimum atomic E-state index is -0.313. The normalized spacial score (nSPS) is 11.3. The summed E-state index contributed by atoms with van der Waals surface area (Å²) in [4.78, 5) is 13.0. The van der Waals surface area contributed by atoms with Crippen molar-refractivity contribution in [1.29, 1.82) is 0 Å². The molecule has 0 bridgehead atoms. The Kier molecular flexibility index (Phi) is 4.66.